The van der Waals surface area contributed by atoms with Crippen LogP contribution in [0.2, 0.25) is 0 Å². The van der Waals surface area contributed by atoms with Crippen LogP contribution in [0.1, 0.15) is 36.6 Å². The molecule has 0 radical (unpaired) electrons. The second kappa shape index (κ2) is 10.6. The summed E-state index contributed by atoms with van der Waals surface area (Å²) in [6.45, 7) is 5.44. The van der Waals surface area contributed by atoms with E-state index in [1.165, 1.54) is 5.56 Å². The van der Waals surface area contributed by atoms with Crippen molar-refractivity contribution in [1.29, 1.82) is 0 Å². The second-order valence-electron chi connectivity index (χ2n) is 6.05. The van der Waals surface area contributed by atoms with Crippen LogP contribution in [0.25, 0.3) is 0 Å². The summed E-state index contributed by atoms with van der Waals surface area (Å²) < 4.78 is 3.05. The van der Waals surface area contributed by atoms with Crippen molar-refractivity contribution in [2.24, 2.45) is 12.0 Å². The molecule has 142 valence electrons. The van der Waals surface area contributed by atoms with E-state index in [0.717, 1.165) is 40.8 Å². The number of hydrogen-bond donors (Lipinski definition) is 2. The van der Waals surface area contributed by atoms with Crippen molar-refractivity contribution in [3.8, 4) is 0 Å². The van der Waals surface area contributed by atoms with Gasteiger partial charge in [-0.2, -0.15) is 11.8 Å². The first-order chi connectivity index (χ1) is 12.5. The lowest BCUT2D eigenvalue weighted by atomic mass is 10.1. The van der Waals surface area contributed by atoms with E-state index in [1.807, 2.05) is 42.4 Å². The molecule has 6 nitrogen and oxygen atoms in total. The van der Waals surface area contributed by atoms with Gasteiger partial charge in [0.2, 0.25) is 0 Å². The van der Waals surface area contributed by atoms with Gasteiger partial charge in [0.1, 0.15) is 12.4 Å². The minimum atomic E-state index is 0.124. The van der Waals surface area contributed by atoms with Gasteiger partial charge in [-0.3, -0.25) is 0 Å². The SMILES string of the molecule is CSCCCNC(=NCc1nnc(C)n1C)NC(C)c1ccccc1Br. The van der Waals surface area contributed by atoms with Crippen molar-refractivity contribution in [1.82, 2.24) is 25.4 Å². The molecule has 1 atom stereocenters. The summed E-state index contributed by atoms with van der Waals surface area (Å²) >= 11 is 5.48. The lowest BCUT2D eigenvalue weighted by Gasteiger charge is -2.19. The number of halogens is 1. The predicted molar refractivity (Wildman–Crippen MR) is 114 cm³/mol. The molecule has 0 fully saturated rings. The van der Waals surface area contributed by atoms with E-state index < -0.39 is 0 Å². The Labute approximate surface area is 168 Å². The van der Waals surface area contributed by atoms with Crippen LogP contribution in [0.5, 0.6) is 0 Å². The highest BCUT2D eigenvalue weighted by Gasteiger charge is 2.11. The Morgan fingerprint density at radius 3 is 2.77 bits per heavy atom. The fraction of sp³-hybridized carbons (Fsp3) is 0.500. The third kappa shape index (κ3) is 6.02. The van der Waals surface area contributed by atoms with Crippen molar-refractivity contribution in [3.05, 3.63) is 46.0 Å². The Bertz CT molecular complexity index is 730. The third-order valence-corrected chi connectivity index (χ3v) is 5.52. The molecule has 0 amide bonds. The summed E-state index contributed by atoms with van der Waals surface area (Å²) in [6.07, 6.45) is 3.22. The smallest absolute Gasteiger partial charge is 0.192 e. The second-order valence-corrected chi connectivity index (χ2v) is 7.89. The van der Waals surface area contributed by atoms with Gasteiger partial charge in [-0.15, -0.1) is 10.2 Å². The Hall–Kier alpha value is -1.54. The molecule has 2 rings (SSSR count). The van der Waals surface area contributed by atoms with Gasteiger partial charge >= 0.3 is 0 Å². The van der Waals surface area contributed by atoms with E-state index in [2.05, 4.69) is 62.1 Å². The average Bonchev–Trinajstić information content (AvgIpc) is 2.95. The Kier molecular flexibility index (Phi) is 8.44. The number of thioether (sulfide) groups is 1. The van der Waals surface area contributed by atoms with Crippen molar-refractivity contribution < 1.29 is 0 Å². The topological polar surface area (TPSA) is 67.1 Å². The Balaban J connectivity index is 2.08. The molecule has 0 aliphatic rings. The summed E-state index contributed by atoms with van der Waals surface area (Å²) in [7, 11) is 1.96. The Morgan fingerprint density at radius 2 is 2.12 bits per heavy atom. The highest BCUT2D eigenvalue weighted by molar-refractivity contribution is 9.10. The summed E-state index contributed by atoms with van der Waals surface area (Å²) in [5.41, 5.74) is 1.20. The first kappa shape index (κ1) is 20.8. The first-order valence-electron chi connectivity index (χ1n) is 8.66. The zero-order chi connectivity index (χ0) is 18.9. The van der Waals surface area contributed by atoms with E-state index in [9.17, 15) is 0 Å². The molecule has 0 aliphatic carbocycles. The van der Waals surface area contributed by atoms with Crippen LogP contribution >= 0.6 is 27.7 Å². The van der Waals surface area contributed by atoms with Crippen LogP contribution in [0.4, 0.5) is 0 Å². The van der Waals surface area contributed by atoms with E-state index in [0.29, 0.717) is 6.54 Å². The van der Waals surface area contributed by atoms with Gasteiger partial charge in [-0.25, -0.2) is 4.99 Å². The largest absolute Gasteiger partial charge is 0.356 e. The number of rotatable bonds is 8. The molecule has 2 aromatic rings. The number of aliphatic imine (C=N–C) groups is 1. The zero-order valence-electron chi connectivity index (χ0n) is 15.8. The molecule has 1 aromatic carbocycles. The molecule has 26 heavy (non-hydrogen) atoms. The number of hydrogen-bond acceptors (Lipinski definition) is 4. The molecular weight excluding hydrogens is 412 g/mol. The Morgan fingerprint density at radius 1 is 1.35 bits per heavy atom. The van der Waals surface area contributed by atoms with E-state index in [1.54, 1.807) is 0 Å². The lowest BCUT2D eigenvalue weighted by Crippen LogP contribution is -2.39. The van der Waals surface area contributed by atoms with Gasteiger partial charge < -0.3 is 15.2 Å². The van der Waals surface area contributed by atoms with E-state index in [-0.39, 0.29) is 6.04 Å². The number of guanidine groups is 1. The lowest BCUT2D eigenvalue weighted by molar-refractivity contribution is 0.671. The fourth-order valence-corrected chi connectivity index (χ4v) is 3.48. The van der Waals surface area contributed by atoms with Crippen LogP contribution in [0.15, 0.2) is 33.7 Å². The fourth-order valence-electron chi connectivity index (χ4n) is 2.42. The highest BCUT2D eigenvalue weighted by Crippen LogP contribution is 2.22. The predicted octanol–water partition coefficient (Wildman–Crippen LogP) is 3.44. The van der Waals surface area contributed by atoms with Gasteiger partial charge in [0.05, 0.1) is 6.04 Å². The number of benzene rings is 1. The number of aromatic nitrogens is 3. The average molecular weight is 439 g/mol. The summed E-state index contributed by atoms with van der Waals surface area (Å²) in [5, 5.41) is 15.2. The maximum atomic E-state index is 4.71. The van der Waals surface area contributed by atoms with Crippen molar-refractivity contribution in [3.63, 3.8) is 0 Å². The maximum absolute atomic E-state index is 4.71. The molecule has 0 saturated carbocycles. The van der Waals surface area contributed by atoms with E-state index in [4.69, 9.17) is 4.99 Å². The number of nitrogens with one attached hydrogen (secondary N) is 2. The normalized spacial score (nSPS) is 12.9. The van der Waals surface area contributed by atoms with Gasteiger partial charge in [0, 0.05) is 18.1 Å². The van der Waals surface area contributed by atoms with E-state index >= 15 is 0 Å². The maximum Gasteiger partial charge on any atom is 0.192 e. The molecular formula is C18H27BrN6S. The monoisotopic (exact) mass is 438 g/mol. The summed E-state index contributed by atoms with van der Waals surface area (Å²) in [6, 6.07) is 8.35. The number of nitrogens with zero attached hydrogens (tertiary/aromatic N) is 4. The standard InChI is InChI=1S/C18H27BrN6S/c1-13(15-8-5-6-9-16(15)19)22-18(20-10-7-11-26-4)21-12-17-24-23-14(2)25(17)3/h5-6,8-9,13H,7,10-12H2,1-4H3,(H2,20,21,22). The first-order valence-corrected chi connectivity index (χ1v) is 10.8. The minimum Gasteiger partial charge on any atom is -0.356 e. The minimum absolute atomic E-state index is 0.124. The van der Waals surface area contributed by atoms with Crippen LogP contribution in [0, 0.1) is 6.92 Å². The van der Waals surface area contributed by atoms with Crippen molar-refractivity contribution >= 4 is 33.7 Å². The van der Waals surface area contributed by atoms with Crippen molar-refractivity contribution in [2.45, 2.75) is 32.9 Å². The van der Waals surface area contributed by atoms with Crippen LogP contribution in [-0.4, -0.2) is 39.3 Å². The quantitative estimate of drug-likeness (QED) is 0.375. The van der Waals surface area contributed by atoms with Gasteiger partial charge in [0.25, 0.3) is 0 Å². The van der Waals surface area contributed by atoms with Crippen LogP contribution in [0.3, 0.4) is 0 Å². The molecule has 0 bridgehead atoms. The third-order valence-electron chi connectivity index (χ3n) is 4.10. The van der Waals surface area contributed by atoms with Gasteiger partial charge in [0.15, 0.2) is 11.8 Å². The highest BCUT2D eigenvalue weighted by atomic mass is 79.9. The van der Waals surface area contributed by atoms with Crippen molar-refractivity contribution in [2.75, 3.05) is 18.6 Å². The molecule has 8 heteroatoms. The molecule has 0 aliphatic heterocycles. The molecule has 1 heterocycles. The molecule has 2 N–H and O–H groups in total. The van der Waals surface area contributed by atoms with Crippen LogP contribution in [-0.2, 0) is 13.6 Å². The van der Waals surface area contributed by atoms with Crippen LogP contribution < -0.4 is 10.6 Å². The summed E-state index contributed by atoms with van der Waals surface area (Å²) in [4.78, 5) is 4.71. The van der Waals surface area contributed by atoms with Gasteiger partial charge in [-0.1, -0.05) is 34.1 Å². The zero-order valence-corrected chi connectivity index (χ0v) is 18.2. The summed E-state index contributed by atoms with van der Waals surface area (Å²) in [5.74, 6) is 3.65. The molecule has 0 saturated heterocycles. The van der Waals surface area contributed by atoms with Gasteiger partial charge in [-0.05, 0) is 43.9 Å². The molecule has 0 spiro atoms. The molecule has 1 aromatic heterocycles. The molecule has 1 unspecified atom stereocenters. The number of aryl methyl sites for hydroxylation is 1.